The van der Waals surface area contributed by atoms with Gasteiger partial charge in [0.1, 0.15) is 11.6 Å². The van der Waals surface area contributed by atoms with Gasteiger partial charge in [-0.3, -0.25) is 9.36 Å². The first-order valence-electron chi connectivity index (χ1n) is 14.9. The van der Waals surface area contributed by atoms with Crippen LogP contribution in [0.15, 0.2) is 39.6 Å². The summed E-state index contributed by atoms with van der Waals surface area (Å²) in [6.45, 7) is 3.79. The average molecular weight is 594 g/mol. The number of hydrogen-bond donors (Lipinski definition) is 1. The van der Waals surface area contributed by atoms with E-state index in [1.54, 1.807) is 0 Å². The monoisotopic (exact) mass is 592 g/mol. The molecule has 1 unspecified atom stereocenters. The van der Waals surface area contributed by atoms with Gasteiger partial charge in [-0.25, -0.2) is 0 Å². The molecule has 6 rings (SSSR count). The zero-order valence-corrected chi connectivity index (χ0v) is 24.9. The van der Waals surface area contributed by atoms with Crippen LogP contribution in [0.5, 0.6) is 5.75 Å². The van der Waals surface area contributed by atoms with Crippen molar-refractivity contribution in [3.8, 4) is 11.4 Å². The SMILES string of the molecule is CN(C)CCCOc1cc2c(cc1C1CCNCC1)C(CCC1CCCC1)c1nc(=O)c3c(Br)cccc3n1-2. The third-order valence-corrected chi connectivity index (χ3v) is 9.76. The Labute approximate surface area is 240 Å². The molecule has 0 spiro atoms. The van der Waals surface area contributed by atoms with Crippen LogP contribution < -0.4 is 15.6 Å². The van der Waals surface area contributed by atoms with Gasteiger partial charge in [0.25, 0.3) is 5.56 Å². The molecule has 3 heterocycles. The predicted molar refractivity (Wildman–Crippen MR) is 162 cm³/mol. The lowest BCUT2D eigenvalue weighted by Gasteiger charge is -2.26. The molecule has 1 aromatic heterocycles. The van der Waals surface area contributed by atoms with E-state index in [1.165, 1.54) is 43.2 Å². The van der Waals surface area contributed by atoms with E-state index in [4.69, 9.17) is 9.72 Å². The number of halogens is 1. The van der Waals surface area contributed by atoms with Crippen molar-refractivity contribution in [2.24, 2.45) is 5.92 Å². The Morgan fingerprint density at radius 1 is 1.08 bits per heavy atom. The zero-order valence-electron chi connectivity index (χ0n) is 23.3. The van der Waals surface area contributed by atoms with Crippen LogP contribution in [-0.2, 0) is 0 Å². The summed E-state index contributed by atoms with van der Waals surface area (Å²) in [5, 5.41) is 4.18. The van der Waals surface area contributed by atoms with E-state index in [0.29, 0.717) is 17.9 Å². The minimum absolute atomic E-state index is 0.138. The van der Waals surface area contributed by atoms with Gasteiger partial charge in [-0.1, -0.05) is 31.7 Å². The maximum absolute atomic E-state index is 13.3. The molecule has 208 valence electrons. The Balaban J connectivity index is 1.47. The number of benzene rings is 2. The molecule has 0 bridgehead atoms. The van der Waals surface area contributed by atoms with Crippen molar-refractivity contribution in [3.05, 3.63) is 62.1 Å². The molecular weight excluding hydrogens is 552 g/mol. The van der Waals surface area contributed by atoms with Crippen LogP contribution in [-0.4, -0.2) is 54.8 Å². The Kier molecular flexibility index (Phi) is 8.10. The van der Waals surface area contributed by atoms with E-state index < -0.39 is 0 Å². The summed E-state index contributed by atoms with van der Waals surface area (Å²) in [4.78, 5) is 20.3. The van der Waals surface area contributed by atoms with Gasteiger partial charge in [0.2, 0.25) is 0 Å². The highest BCUT2D eigenvalue weighted by molar-refractivity contribution is 9.10. The maximum Gasteiger partial charge on any atom is 0.281 e. The number of nitrogens with zero attached hydrogens (tertiary/aromatic N) is 3. The van der Waals surface area contributed by atoms with Crippen molar-refractivity contribution in [2.75, 3.05) is 40.3 Å². The Bertz CT molecular complexity index is 1390. The second kappa shape index (κ2) is 11.7. The number of rotatable bonds is 9. The first kappa shape index (κ1) is 27.0. The molecule has 1 atom stereocenters. The molecular formula is C32H41BrN4O2. The highest BCUT2D eigenvalue weighted by Crippen LogP contribution is 2.47. The van der Waals surface area contributed by atoms with Crippen LogP contribution in [0.1, 0.15) is 86.6 Å². The Hall–Kier alpha value is -2.22. The van der Waals surface area contributed by atoms with Crippen LogP contribution in [0.25, 0.3) is 16.6 Å². The zero-order chi connectivity index (χ0) is 26.9. The molecule has 2 aromatic carbocycles. The number of fused-ring (bicyclic) bond motifs is 5. The number of piperidine rings is 1. The lowest BCUT2D eigenvalue weighted by atomic mass is 9.84. The molecule has 39 heavy (non-hydrogen) atoms. The minimum Gasteiger partial charge on any atom is -0.493 e. The van der Waals surface area contributed by atoms with Gasteiger partial charge in [0, 0.05) is 23.0 Å². The van der Waals surface area contributed by atoms with Gasteiger partial charge in [0.15, 0.2) is 0 Å². The molecule has 6 nitrogen and oxygen atoms in total. The summed E-state index contributed by atoms with van der Waals surface area (Å²) >= 11 is 3.63. The fourth-order valence-corrected chi connectivity index (χ4v) is 7.60. The standard InChI is InChI=1S/C32H41BrN4O2/c1-36(2)17-6-18-39-29-20-28-25(19-24(29)22-13-15-34-16-14-22)23(12-11-21-7-3-4-8-21)31-35-32(38)30-26(33)9-5-10-27(30)37(28)31/h5,9-10,19-23,34H,3-4,6-8,11-18H2,1-2H3. The topological polar surface area (TPSA) is 59.4 Å². The molecule has 0 radical (unpaired) electrons. The normalized spacial score (nSPS) is 19.6. The van der Waals surface area contributed by atoms with Crippen LogP contribution in [0, 0.1) is 5.92 Å². The van der Waals surface area contributed by atoms with Crippen LogP contribution in [0.3, 0.4) is 0 Å². The van der Waals surface area contributed by atoms with Crippen molar-refractivity contribution in [1.82, 2.24) is 19.8 Å². The summed E-state index contributed by atoms with van der Waals surface area (Å²) in [7, 11) is 4.21. The summed E-state index contributed by atoms with van der Waals surface area (Å²) in [6.07, 6.45) is 10.9. The smallest absolute Gasteiger partial charge is 0.281 e. The Morgan fingerprint density at radius 2 is 1.87 bits per heavy atom. The number of nitrogens with one attached hydrogen (secondary N) is 1. The van der Waals surface area contributed by atoms with Crippen molar-refractivity contribution in [3.63, 3.8) is 0 Å². The molecule has 1 saturated carbocycles. The number of ether oxygens (including phenoxy) is 1. The predicted octanol–water partition coefficient (Wildman–Crippen LogP) is 6.36. The fraction of sp³-hybridized carbons (Fsp3) is 0.562. The second-order valence-electron chi connectivity index (χ2n) is 12.0. The highest BCUT2D eigenvalue weighted by atomic mass is 79.9. The lowest BCUT2D eigenvalue weighted by Crippen LogP contribution is -2.27. The summed E-state index contributed by atoms with van der Waals surface area (Å²) in [5.41, 5.74) is 4.59. The molecule has 2 fully saturated rings. The second-order valence-corrected chi connectivity index (χ2v) is 12.9. The molecule has 1 N–H and O–H groups in total. The van der Waals surface area contributed by atoms with E-state index >= 15 is 0 Å². The quantitative estimate of drug-likeness (QED) is 0.293. The van der Waals surface area contributed by atoms with Crippen molar-refractivity contribution in [2.45, 2.75) is 69.6 Å². The summed E-state index contributed by atoms with van der Waals surface area (Å²) in [5.74, 6) is 3.33. The molecule has 0 amide bonds. The van der Waals surface area contributed by atoms with Gasteiger partial charge >= 0.3 is 0 Å². The maximum atomic E-state index is 13.3. The van der Waals surface area contributed by atoms with Crippen LogP contribution in [0.2, 0.25) is 0 Å². The van der Waals surface area contributed by atoms with E-state index in [1.807, 2.05) is 12.1 Å². The van der Waals surface area contributed by atoms with Crippen molar-refractivity contribution >= 4 is 26.8 Å². The van der Waals surface area contributed by atoms with Crippen molar-refractivity contribution in [1.29, 1.82) is 0 Å². The largest absolute Gasteiger partial charge is 0.493 e. The molecule has 3 aromatic rings. The molecule has 1 saturated heterocycles. The van der Waals surface area contributed by atoms with E-state index in [2.05, 4.69) is 63.0 Å². The summed E-state index contributed by atoms with van der Waals surface area (Å²) in [6, 6.07) is 10.7. The van der Waals surface area contributed by atoms with Gasteiger partial charge in [-0.2, -0.15) is 4.98 Å². The third kappa shape index (κ3) is 5.42. The van der Waals surface area contributed by atoms with Gasteiger partial charge in [-0.15, -0.1) is 0 Å². The van der Waals surface area contributed by atoms with E-state index in [0.717, 1.165) is 78.5 Å². The summed E-state index contributed by atoms with van der Waals surface area (Å²) < 4.78 is 9.63. The Morgan fingerprint density at radius 3 is 2.64 bits per heavy atom. The molecule has 3 aliphatic rings. The molecule has 1 aliphatic carbocycles. The lowest BCUT2D eigenvalue weighted by molar-refractivity contribution is 0.276. The minimum atomic E-state index is -0.138. The fourth-order valence-electron chi connectivity index (χ4n) is 7.07. The average Bonchev–Trinajstić information content (AvgIpc) is 3.55. The van der Waals surface area contributed by atoms with E-state index in [-0.39, 0.29) is 11.5 Å². The number of aromatic nitrogens is 2. The van der Waals surface area contributed by atoms with Crippen LogP contribution in [0.4, 0.5) is 0 Å². The van der Waals surface area contributed by atoms with Gasteiger partial charge in [0.05, 0.1) is 23.2 Å². The van der Waals surface area contributed by atoms with Gasteiger partial charge in [-0.05, 0) is 116 Å². The number of hydrogen-bond acceptors (Lipinski definition) is 5. The van der Waals surface area contributed by atoms with Crippen LogP contribution >= 0.6 is 15.9 Å². The molecule has 7 heteroatoms. The van der Waals surface area contributed by atoms with Crippen molar-refractivity contribution < 1.29 is 4.74 Å². The first-order chi connectivity index (χ1) is 19.0. The van der Waals surface area contributed by atoms with E-state index in [9.17, 15) is 4.79 Å². The molecule has 2 aliphatic heterocycles. The highest BCUT2D eigenvalue weighted by Gasteiger charge is 2.35. The first-order valence-corrected chi connectivity index (χ1v) is 15.7. The third-order valence-electron chi connectivity index (χ3n) is 9.10. The van der Waals surface area contributed by atoms with Gasteiger partial charge < -0.3 is 15.0 Å².